The van der Waals surface area contributed by atoms with Crippen LogP contribution in [0.5, 0.6) is 0 Å². The Morgan fingerprint density at radius 3 is 0.857 bits per heavy atom. The summed E-state index contributed by atoms with van der Waals surface area (Å²) >= 11 is 1.98. The van der Waals surface area contributed by atoms with Crippen molar-refractivity contribution >= 4 is 28.2 Å². The van der Waals surface area contributed by atoms with Gasteiger partial charge in [-0.2, -0.15) is 0 Å². The van der Waals surface area contributed by atoms with Crippen LogP contribution in [0.1, 0.15) is 0 Å². The summed E-state index contributed by atoms with van der Waals surface area (Å²) in [6.07, 6.45) is 0. The zero-order chi connectivity index (χ0) is 6.41. The van der Waals surface area contributed by atoms with Gasteiger partial charge in [-0.1, -0.05) is 0 Å². The molecule has 0 atom stereocenters. The van der Waals surface area contributed by atoms with Gasteiger partial charge in [0.15, 0.2) is 0 Å². The van der Waals surface area contributed by atoms with Crippen LogP contribution < -0.4 is 0 Å². The van der Waals surface area contributed by atoms with E-state index in [0.717, 1.165) is 28.2 Å². The molecule has 0 aromatic rings. The Morgan fingerprint density at radius 2 is 0.857 bits per heavy atom. The first kappa shape index (κ1) is 8.20. The van der Waals surface area contributed by atoms with Crippen LogP contribution in [0.3, 0.4) is 0 Å². The summed E-state index contributed by atoms with van der Waals surface area (Å²) in [5.41, 5.74) is 0. The van der Waals surface area contributed by atoms with E-state index < -0.39 is 8.93 Å². The van der Waals surface area contributed by atoms with Gasteiger partial charge >= 0.3 is 51.4 Å². The summed E-state index contributed by atoms with van der Waals surface area (Å²) in [6, 6.07) is 0. The Morgan fingerprint density at radius 1 is 0.857 bits per heavy atom. The van der Waals surface area contributed by atoms with Gasteiger partial charge in [-0.15, -0.1) is 0 Å². The summed E-state index contributed by atoms with van der Waals surface area (Å²) < 4.78 is 44.2. The van der Waals surface area contributed by atoms with Crippen molar-refractivity contribution in [2.45, 2.75) is 0 Å². The molecule has 49 valence electrons. The van der Waals surface area contributed by atoms with Crippen molar-refractivity contribution in [1.82, 2.24) is 0 Å². The molecule has 0 nitrogen and oxygen atoms in total. The van der Waals surface area contributed by atoms with Gasteiger partial charge in [0.25, 0.3) is 0 Å². The predicted molar refractivity (Wildman–Crippen MR) is 22.3 cm³/mol. The van der Waals surface area contributed by atoms with Gasteiger partial charge in [-0.25, -0.2) is 0 Å². The molecule has 0 aromatic carbocycles. The Bertz CT molecular complexity index is 68.3. The number of hydrogen-bond donors (Lipinski definition) is 0. The van der Waals surface area contributed by atoms with Crippen LogP contribution in [-0.2, 0) is 8.93 Å². The van der Waals surface area contributed by atoms with Gasteiger partial charge < -0.3 is 0 Å². The first-order valence-corrected chi connectivity index (χ1v) is 8.48. The number of halogens is 6. The fraction of sp³-hybridized carbons (Fsp3) is 0. The minimum absolute atomic E-state index is 0.990. The molecule has 7 heteroatoms. The first-order valence-electron chi connectivity index (χ1n) is 0.857. The summed E-state index contributed by atoms with van der Waals surface area (Å²) in [6.45, 7) is 0. The van der Waals surface area contributed by atoms with Crippen LogP contribution in [0.25, 0.3) is 0 Å². The van der Waals surface area contributed by atoms with Crippen molar-refractivity contribution in [3.05, 3.63) is 0 Å². The van der Waals surface area contributed by atoms with Gasteiger partial charge in [-0.3, -0.25) is 0 Å². The topological polar surface area (TPSA) is 0 Å². The molecule has 0 bridgehead atoms. The molecule has 0 saturated heterocycles. The zero-order valence-electron chi connectivity index (χ0n) is 2.65. The molecule has 0 aliphatic carbocycles. The van der Waals surface area contributed by atoms with E-state index in [9.17, 15) is 14.2 Å². The first-order chi connectivity index (χ1) is 2.45. The molecular formula is Br2F4Mn. The SMILES string of the molecule is [F][Mn]([F])([F])([F])([Br])[Br]. The van der Waals surface area contributed by atoms with E-state index in [1.807, 2.05) is 0 Å². The van der Waals surface area contributed by atoms with Crippen LogP contribution >= 0.6 is 28.2 Å². The van der Waals surface area contributed by atoms with Gasteiger partial charge in [0, 0.05) is 0 Å². The second-order valence-corrected chi connectivity index (χ2v) is 16.6. The number of hydrogen-bond acceptors (Lipinski definition) is 0. The third kappa shape index (κ3) is 135. The monoisotopic (exact) mass is 289 g/mol. The number of rotatable bonds is 0. The summed E-state index contributed by atoms with van der Waals surface area (Å²) in [4.78, 5) is 0. The fourth-order valence-electron chi connectivity index (χ4n) is 0. The molecule has 0 aliphatic rings. The van der Waals surface area contributed by atoms with E-state index in [1.54, 1.807) is 0 Å². The molecule has 0 heterocycles. The third-order valence-electron chi connectivity index (χ3n) is 0. The van der Waals surface area contributed by atoms with E-state index in [-0.39, 0.29) is 0 Å². The van der Waals surface area contributed by atoms with E-state index in [4.69, 9.17) is 0 Å². The van der Waals surface area contributed by atoms with Gasteiger partial charge in [-0.05, 0) is 0 Å². The molecule has 0 unspecified atom stereocenters. The van der Waals surface area contributed by atoms with Crippen LogP contribution in [-0.4, -0.2) is 0 Å². The van der Waals surface area contributed by atoms with Crippen molar-refractivity contribution in [3.63, 3.8) is 0 Å². The molecule has 0 rings (SSSR count). The minimum atomic E-state index is -8.23. The van der Waals surface area contributed by atoms with Gasteiger partial charge in [0.2, 0.25) is 0 Å². The quantitative estimate of drug-likeness (QED) is 0.474. The van der Waals surface area contributed by atoms with E-state index in [0.29, 0.717) is 0 Å². The van der Waals surface area contributed by atoms with Crippen molar-refractivity contribution in [2.24, 2.45) is 0 Å². The van der Waals surface area contributed by atoms with Crippen LogP contribution in [0, 0.1) is 0 Å². The zero-order valence-corrected chi connectivity index (χ0v) is 7.00. The molecule has 0 amide bonds. The third-order valence-corrected chi connectivity index (χ3v) is 0. The average molecular weight is 291 g/mol. The molecule has 0 saturated carbocycles. The van der Waals surface area contributed by atoms with Crippen LogP contribution in [0.15, 0.2) is 0 Å². The predicted octanol–water partition coefficient (Wildman–Crippen LogP) is 3.37. The van der Waals surface area contributed by atoms with Gasteiger partial charge in [0.1, 0.15) is 0 Å². The van der Waals surface area contributed by atoms with Crippen LogP contribution in [0.4, 0.5) is 14.2 Å². The van der Waals surface area contributed by atoms with Crippen molar-refractivity contribution < 1.29 is 23.1 Å². The van der Waals surface area contributed by atoms with Gasteiger partial charge in [0.05, 0.1) is 0 Å². The average Bonchev–Trinajstić information content (AvgIpc) is 0.592. The molecule has 0 aromatic heterocycles. The second kappa shape index (κ2) is 1.05. The summed E-state index contributed by atoms with van der Waals surface area (Å²) in [7, 11) is -8.23. The molecule has 0 aliphatic heterocycles. The van der Waals surface area contributed by atoms with E-state index in [1.165, 1.54) is 0 Å². The van der Waals surface area contributed by atoms with E-state index in [2.05, 4.69) is 0 Å². The maximum absolute atomic E-state index is 11.1. The molecule has 0 spiro atoms. The Hall–Kier alpha value is 1.20. The van der Waals surface area contributed by atoms with Crippen molar-refractivity contribution in [3.8, 4) is 0 Å². The summed E-state index contributed by atoms with van der Waals surface area (Å²) in [5, 5.41) is 0. The molecule has 0 N–H and O–H groups in total. The fourth-order valence-corrected chi connectivity index (χ4v) is 0. The van der Waals surface area contributed by atoms with Crippen LogP contribution in [0.2, 0.25) is 0 Å². The Labute approximate surface area is 51.4 Å². The van der Waals surface area contributed by atoms with E-state index >= 15 is 0 Å². The standard InChI is InChI=1S/2BrH.4FH.Mn/h6*1H;/q;;;;;;+6/p-6. The molecular weight excluding hydrogens is 291 g/mol. The molecule has 0 radical (unpaired) electrons. The Kier molecular flexibility index (Phi) is 1.24. The molecule has 0 fully saturated rings. The maximum atomic E-state index is 11.1. The molecule has 7 heavy (non-hydrogen) atoms. The second-order valence-electron chi connectivity index (χ2n) is 0.810. The van der Waals surface area contributed by atoms with Crippen molar-refractivity contribution in [2.75, 3.05) is 0 Å². The normalized spacial score (nSPS) is 23.1. The summed E-state index contributed by atoms with van der Waals surface area (Å²) in [5.74, 6) is 0. The van der Waals surface area contributed by atoms with Crippen molar-refractivity contribution in [1.29, 1.82) is 0 Å². The Balaban J connectivity index is 4.43.